The highest BCUT2D eigenvalue weighted by molar-refractivity contribution is 5.93. The number of carbonyl (C=O) groups excluding carboxylic acids is 1. The summed E-state index contributed by atoms with van der Waals surface area (Å²) in [5.74, 6) is -2.68. The second-order valence-electron chi connectivity index (χ2n) is 2.26. The summed E-state index contributed by atoms with van der Waals surface area (Å²) in [6.07, 6.45) is 0. The van der Waals surface area contributed by atoms with Gasteiger partial charge in [0.05, 0.1) is 7.11 Å². The molecule has 1 amide bonds. The molecule has 0 atom stereocenters. The average Bonchev–Trinajstić information content (AvgIpc) is 2.10. The topological polar surface area (TPSA) is 38.3 Å². The van der Waals surface area contributed by atoms with Crippen molar-refractivity contribution in [2.45, 2.75) is 0 Å². The van der Waals surface area contributed by atoms with E-state index < -0.39 is 17.5 Å². The monoisotopic (exact) mass is 187 g/mol. The number of benzene rings is 1. The Hall–Kier alpha value is -1.49. The van der Waals surface area contributed by atoms with Crippen molar-refractivity contribution in [3.05, 3.63) is 35.4 Å². The first-order chi connectivity index (χ1) is 6.15. The SMILES string of the molecule is CONC(=O)c1ccc(F)c(F)c1. The maximum Gasteiger partial charge on any atom is 0.274 e. The number of amides is 1. The van der Waals surface area contributed by atoms with E-state index in [-0.39, 0.29) is 5.56 Å². The van der Waals surface area contributed by atoms with E-state index in [0.717, 1.165) is 18.2 Å². The Bertz CT molecular complexity index is 328. The Morgan fingerprint density at radius 2 is 2.08 bits per heavy atom. The molecule has 13 heavy (non-hydrogen) atoms. The minimum absolute atomic E-state index is 0.000694. The second kappa shape index (κ2) is 3.95. The molecule has 1 rings (SSSR count). The first kappa shape index (κ1) is 9.60. The summed E-state index contributed by atoms with van der Waals surface area (Å²) in [6, 6.07) is 2.83. The molecule has 1 aromatic rings. The van der Waals surface area contributed by atoms with Crippen LogP contribution in [-0.4, -0.2) is 13.0 Å². The van der Waals surface area contributed by atoms with Gasteiger partial charge in [0.25, 0.3) is 5.91 Å². The molecular formula is C8H7F2NO2. The molecule has 3 nitrogen and oxygen atoms in total. The molecule has 0 aliphatic rings. The summed E-state index contributed by atoms with van der Waals surface area (Å²) in [6.45, 7) is 0. The lowest BCUT2D eigenvalue weighted by Crippen LogP contribution is -2.21. The predicted octanol–water partition coefficient (Wildman–Crippen LogP) is 1.26. The molecule has 0 fully saturated rings. The molecule has 0 bridgehead atoms. The van der Waals surface area contributed by atoms with E-state index >= 15 is 0 Å². The molecule has 0 saturated carbocycles. The van der Waals surface area contributed by atoms with Crippen molar-refractivity contribution in [1.29, 1.82) is 0 Å². The van der Waals surface area contributed by atoms with E-state index in [9.17, 15) is 13.6 Å². The lowest BCUT2D eigenvalue weighted by molar-refractivity contribution is 0.0537. The Kier molecular flexibility index (Phi) is 2.92. The fraction of sp³-hybridized carbons (Fsp3) is 0.125. The zero-order chi connectivity index (χ0) is 9.84. The van der Waals surface area contributed by atoms with Crippen LogP contribution in [0.15, 0.2) is 18.2 Å². The van der Waals surface area contributed by atoms with Crippen LogP contribution < -0.4 is 5.48 Å². The third-order valence-corrected chi connectivity index (χ3v) is 1.38. The Morgan fingerprint density at radius 3 is 2.62 bits per heavy atom. The van der Waals surface area contributed by atoms with Gasteiger partial charge in [0, 0.05) is 5.56 Å². The summed E-state index contributed by atoms with van der Waals surface area (Å²) in [5.41, 5.74) is 1.98. The van der Waals surface area contributed by atoms with Gasteiger partial charge in [-0.1, -0.05) is 0 Å². The van der Waals surface area contributed by atoms with Crippen LogP contribution in [0.5, 0.6) is 0 Å². The summed E-state index contributed by atoms with van der Waals surface area (Å²) >= 11 is 0. The maximum absolute atomic E-state index is 12.6. The predicted molar refractivity (Wildman–Crippen MR) is 40.8 cm³/mol. The maximum atomic E-state index is 12.6. The number of hydroxylamine groups is 1. The van der Waals surface area contributed by atoms with Crippen LogP contribution in [0.25, 0.3) is 0 Å². The molecule has 0 spiro atoms. The van der Waals surface area contributed by atoms with Gasteiger partial charge >= 0.3 is 0 Å². The molecule has 0 unspecified atom stereocenters. The molecular weight excluding hydrogens is 180 g/mol. The van der Waals surface area contributed by atoms with E-state index in [1.165, 1.54) is 7.11 Å². The third-order valence-electron chi connectivity index (χ3n) is 1.38. The Labute approximate surface area is 73.3 Å². The number of hydrogen-bond acceptors (Lipinski definition) is 2. The van der Waals surface area contributed by atoms with Crippen LogP contribution in [0.3, 0.4) is 0 Å². The number of halogens is 2. The van der Waals surface area contributed by atoms with Gasteiger partial charge in [0.2, 0.25) is 0 Å². The minimum atomic E-state index is -1.07. The average molecular weight is 187 g/mol. The van der Waals surface area contributed by atoms with Gasteiger partial charge in [0.15, 0.2) is 11.6 Å². The van der Waals surface area contributed by atoms with E-state index in [1.54, 1.807) is 0 Å². The first-order valence-electron chi connectivity index (χ1n) is 3.43. The van der Waals surface area contributed by atoms with Crippen molar-refractivity contribution in [3.8, 4) is 0 Å². The fourth-order valence-electron chi connectivity index (χ4n) is 0.789. The zero-order valence-electron chi connectivity index (χ0n) is 6.80. The van der Waals surface area contributed by atoms with Crippen molar-refractivity contribution in [3.63, 3.8) is 0 Å². The van der Waals surface area contributed by atoms with Gasteiger partial charge in [-0.05, 0) is 18.2 Å². The van der Waals surface area contributed by atoms with Gasteiger partial charge in [0.1, 0.15) is 0 Å². The van der Waals surface area contributed by atoms with Crippen molar-refractivity contribution < 1.29 is 18.4 Å². The van der Waals surface area contributed by atoms with Crippen LogP contribution in [0.4, 0.5) is 8.78 Å². The lowest BCUT2D eigenvalue weighted by atomic mass is 10.2. The van der Waals surface area contributed by atoms with E-state index in [2.05, 4.69) is 4.84 Å². The molecule has 1 N–H and O–H groups in total. The molecule has 5 heteroatoms. The van der Waals surface area contributed by atoms with Crippen molar-refractivity contribution in [2.75, 3.05) is 7.11 Å². The molecule has 0 aromatic heterocycles. The van der Waals surface area contributed by atoms with Gasteiger partial charge in [-0.15, -0.1) is 0 Å². The molecule has 0 aliphatic heterocycles. The van der Waals surface area contributed by atoms with Crippen LogP contribution in [-0.2, 0) is 4.84 Å². The smallest absolute Gasteiger partial charge is 0.274 e. The molecule has 0 radical (unpaired) electrons. The standard InChI is InChI=1S/C8H7F2NO2/c1-13-11-8(12)5-2-3-6(9)7(10)4-5/h2-4H,1H3,(H,11,12). The highest BCUT2D eigenvalue weighted by atomic mass is 19.2. The zero-order valence-corrected chi connectivity index (χ0v) is 6.80. The van der Waals surface area contributed by atoms with Gasteiger partial charge in [-0.2, -0.15) is 0 Å². The van der Waals surface area contributed by atoms with Crippen molar-refractivity contribution in [1.82, 2.24) is 5.48 Å². The highest BCUT2D eigenvalue weighted by Gasteiger charge is 2.08. The number of carbonyl (C=O) groups is 1. The lowest BCUT2D eigenvalue weighted by Gasteiger charge is -2.01. The fourth-order valence-corrected chi connectivity index (χ4v) is 0.789. The Morgan fingerprint density at radius 1 is 1.38 bits per heavy atom. The van der Waals surface area contributed by atoms with Crippen LogP contribution in [0.1, 0.15) is 10.4 Å². The highest BCUT2D eigenvalue weighted by Crippen LogP contribution is 2.08. The molecule has 0 aliphatic carbocycles. The number of rotatable bonds is 2. The second-order valence-corrected chi connectivity index (χ2v) is 2.26. The molecule has 1 aromatic carbocycles. The largest absolute Gasteiger partial charge is 0.277 e. The van der Waals surface area contributed by atoms with E-state index in [1.807, 2.05) is 5.48 Å². The Balaban J connectivity index is 2.90. The molecule has 0 heterocycles. The number of nitrogens with one attached hydrogen (secondary N) is 1. The van der Waals surface area contributed by atoms with Crippen molar-refractivity contribution in [2.24, 2.45) is 0 Å². The minimum Gasteiger partial charge on any atom is -0.277 e. The summed E-state index contributed by atoms with van der Waals surface area (Å²) in [4.78, 5) is 15.3. The van der Waals surface area contributed by atoms with Gasteiger partial charge < -0.3 is 0 Å². The van der Waals surface area contributed by atoms with Crippen LogP contribution >= 0.6 is 0 Å². The van der Waals surface area contributed by atoms with Crippen LogP contribution in [0.2, 0.25) is 0 Å². The molecule has 70 valence electrons. The third kappa shape index (κ3) is 2.22. The van der Waals surface area contributed by atoms with Gasteiger partial charge in [-0.25, -0.2) is 14.3 Å². The van der Waals surface area contributed by atoms with E-state index in [4.69, 9.17) is 0 Å². The summed E-state index contributed by atoms with van der Waals surface area (Å²) in [7, 11) is 1.25. The van der Waals surface area contributed by atoms with Crippen LogP contribution in [0, 0.1) is 11.6 Å². The normalized spacial score (nSPS) is 9.77. The quantitative estimate of drug-likeness (QED) is 0.708. The summed E-state index contributed by atoms with van der Waals surface area (Å²) < 4.78 is 25.0. The van der Waals surface area contributed by atoms with Crippen molar-refractivity contribution >= 4 is 5.91 Å². The number of hydrogen-bond donors (Lipinski definition) is 1. The van der Waals surface area contributed by atoms with E-state index in [0.29, 0.717) is 0 Å². The van der Waals surface area contributed by atoms with Gasteiger partial charge in [-0.3, -0.25) is 9.63 Å². The summed E-state index contributed by atoms with van der Waals surface area (Å²) in [5, 5.41) is 0. The molecule has 0 saturated heterocycles. The first-order valence-corrected chi connectivity index (χ1v) is 3.43.